The summed E-state index contributed by atoms with van der Waals surface area (Å²) in [6.45, 7) is 2.14. The Morgan fingerprint density at radius 3 is 2.76 bits per heavy atom. The highest BCUT2D eigenvalue weighted by molar-refractivity contribution is 8.04. The van der Waals surface area contributed by atoms with Gasteiger partial charge in [0.25, 0.3) is 0 Å². The number of benzene rings is 1. The quantitative estimate of drug-likeness (QED) is 0.538. The first kappa shape index (κ1) is 18.9. The van der Waals surface area contributed by atoms with Gasteiger partial charge in [0.1, 0.15) is 17.9 Å². The first-order chi connectivity index (χ1) is 12.1. The van der Waals surface area contributed by atoms with E-state index in [-0.39, 0.29) is 31.4 Å². The van der Waals surface area contributed by atoms with Gasteiger partial charge in [0.05, 0.1) is 37.1 Å². The molecule has 0 aromatic heterocycles. The lowest BCUT2D eigenvalue weighted by Gasteiger charge is -2.17. The van der Waals surface area contributed by atoms with Crippen molar-refractivity contribution in [3.63, 3.8) is 0 Å². The molecule has 1 aliphatic rings. The van der Waals surface area contributed by atoms with Gasteiger partial charge in [0, 0.05) is 0 Å². The molecule has 1 amide bonds. The molecule has 8 heteroatoms. The minimum absolute atomic E-state index is 0.00332. The first-order valence-corrected chi connectivity index (χ1v) is 8.67. The highest BCUT2D eigenvalue weighted by atomic mass is 32.2. The molecule has 0 spiro atoms. The van der Waals surface area contributed by atoms with Gasteiger partial charge < -0.3 is 19.1 Å². The maximum atomic E-state index is 12.1. The molecule has 0 bridgehead atoms. The van der Waals surface area contributed by atoms with Crippen molar-refractivity contribution in [1.29, 1.82) is 0 Å². The number of nitrogens with zero attached hydrogens (tertiary/aromatic N) is 1. The molecule has 1 aliphatic heterocycles. The maximum absolute atomic E-state index is 12.1. The first-order valence-electron chi connectivity index (χ1n) is 7.68. The van der Waals surface area contributed by atoms with Crippen LogP contribution in [0.15, 0.2) is 35.4 Å². The van der Waals surface area contributed by atoms with Gasteiger partial charge >= 0.3 is 11.9 Å². The van der Waals surface area contributed by atoms with Crippen molar-refractivity contribution in [3.8, 4) is 5.75 Å². The van der Waals surface area contributed by atoms with Gasteiger partial charge in [0.2, 0.25) is 5.91 Å². The van der Waals surface area contributed by atoms with E-state index in [1.807, 2.05) is 0 Å². The van der Waals surface area contributed by atoms with Crippen LogP contribution in [0.2, 0.25) is 0 Å². The van der Waals surface area contributed by atoms with Crippen LogP contribution in [0.5, 0.6) is 5.75 Å². The van der Waals surface area contributed by atoms with Crippen LogP contribution < -0.4 is 4.74 Å². The average molecular weight is 365 g/mol. The van der Waals surface area contributed by atoms with Crippen molar-refractivity contribution in [3.05, 3.63) is 40.9 Å². The second-order valence-electron chi connectivity index (χ2n) is 4.90. The maximum Gasteiger partial charge on any atom is 0.341 e. The number of amides is 1. The summed E-state index contributed by atoms with van der Waals surface area (Å²) < 4.78 is 15.2. The summed E-state index contributed by atoms with van der Waals surface area (Å²) in [4.78, 5) is 37.0. The van der Waals surface area contributed by atoms with Crippen LogP contribution in [0.25, 0.3) is 0 Å². The molecule has 1 saturated heterocycles. The van der Waals surface area contributed by atoms with Crippen LogP contribution in [0.3, 0.4) is 0 Å². The van der Waals surface area contributed by atoms with Crippen molar-refractivity contribution >= 4 is 29.6 Å². The van der Waals surface area contributed by atoms with Crippen molar-refractivity contribution in [2.75, 3.05) is 32.6 Å². The predicted octanol–water partition coefficient (Wildman–Crippen LogP) is 1.83. The van der Waals surface area contributed by atoms with E-state index < -0.39 is 11.9 Å². The van der Waals surface area contributed by atoms with Crippen LogP contribution >= 0.6 is 11.8 Å². The fourth-order valence-electron chi connectivity index (χ4n) is 2.17. The van der Waals surface area contributed by atoms with Crippen LogP contribution in [0.1, 0.15) is 17.3 Å². The highest BCUT2D eigenvalue weighted by Gasteiger charge is 2.27. The number of thioether (sulfide) groups is 1. The summed E-state index contributed by atoms with van der Waals surface area (Å²) in [5.41, 5.74) is 0.314. The zero-order valence-corrected chi connectivity index (χ0v) is 14.8. The van der Waals surface area contributed by atoms with E-state index in [4.69, 9.17) is 14.2 Å². The Balaban J connectivity index is 1.94. The van der Waals surface area contributed by atoms with Gasteiger partial charge in [-0.25, -0.2) is 9.59 Å². The summed E-state index contributed by atoms with van der Waals surface area (Å²) in [5, 5.41) is 0.497. The van der Waals surface area contributed by atoms with Crippen molar-refractivity contribution < 1.29 is 28.6 Å². The molecule has 0 aliphatic carbocycles. The molecule has 1 fully saturated rings. The normalized spacial score (nSPS) is 15.4. The van der Waals surface area contributed by atoms with E-state index in [0.717, 1.165) is 0 Å². The predicted molar refractivity (Wildman–Crippen MR) is 92.2 cm³/mol. The molecule has 2 rings (SSSR count). The number of hydrogen-bond donors (Lipinski definition) is 0. The summed E-state index contributed by atoms with van der Waals surface area (Å²) in [6, 6.07) is 6.73. The lowest BCUT2D eigenvalue weighted by Crippen LogP contribution is -2.29. The smallest absolute Gasteiger partial charge is 0.341 e. The summed E-state index contributed by atoms with van der Waals surface area (Å²) in [6.07, 6.45) is 1.28. The van der Waals surface area contributed by atoms with Crippen LogP contribution in [0, 0.1) is 0 Å². The second kappa shape index (κ2) is 9.12. The lowest BCUT2D eigenvalue weighted by molar-refractivity contribution is -0.137. The molecule has 0 unspecified atom stereocenters. The number of carbonyl (C=O) groups is 3. The molecule has 1 aromatic carbocycles. The van der Waals surface area contributed by atoms with Gasteiger partial charge in [-0.2, -0.15) is 0 Å². The van der Waals surface area contributed by atoms with E-state index >= 15 is 0 Å². The third-order valence-corrected chi connectivity index (χ3v) is 4.34. The van der Waals surface area contributed by atoms with E-state index in [9.17, 15) is 14.4 Å². The SMILES string of the molecule is CCOC(=O)/C=C1\SCC(=O)N1CCOC(=O)c1ccccc1OC. The highest BCUT2D eigenvalue weighted by Crippen LogP contribution is 2.28. The minimum atomic E-state index is -0.535. The molecule has 25 heavy (non-hydrogen) atoms. The number of esters is 2. The van der Waals surface area contributed by atoms with Crippen molar-refractivity contribution in [1.82, 2.24) is 4.90 Å². The monoisotopic (exact) mass is 365 g/mol. The van der Waals surface area contributed by atoms with Gasteiger partial charge in [-0.05, 0) is 19.1 Å². The van der Waals surface area contributed by atoms with Crippen molar-refractivity contribution in [2.24, 2.45) is 0 Å². The van der Waals surface area contributed by atoms with E-state index in [0.29, 0.717) is 16.3 Å². The van der Waals surface area contributed by atoms with E-state index in [2.05, 4.69) is 0 Å². The number of methoxy groups -OCH3 is 1. The number of para-hydroxylation sites is 1. The number of ether oxygens (including phenoxy) is 3. The Bertz CT molecular complexity index is 687. The third kappa shape index (κ3) is 4.99. The Morgan fingerprint density at radius 1 is 1.28 bits per heavy atom. The summed E-state index contributed by atoms with van der Waals surface area (Å²) in [7, 11) is 1.47. The molecule has 0 saturated carbocycles. The molecule has 1 aromatic rings. The molecular formula is C17H19NO6S. The summed E-state index contributed by atoms with van der Waals surface area (Å²) >= 11 is 1.25. The van der Waals surface area contributed by atoms with Crippen LogP contribution in [0.4, 0.5) is 0 Å². The van der Waals surface area contributed by atoms with Gasteiger partial charge in [-0.3, -0.25) is 4.79 Å². The molecule has 0 N–H and O–H groups in total. The Morgan fingerprint density at radius 2 is 2.04 bits per heavy atom. The van der Waals surface area contributed by atoms with E-state index in [1.165, 1.54) is 29.8 Å². The molecule has 7 nitrogen and oxygen atoms in total. The molecular weight excluding hydrogens is 346 g/mol. The molecule has 134 valence electrons. The number of hydrogen-bond acceptors (Lipinski definition) is 7. The van der Waals surface area contributed by atoms with Crippen LogP contribution in [-0.4, -0.2) is 55.4 Å². The average Bonchev–Trinajstić information content (AvgIpc) is 2.95. The fraction of sp³-hybridized carbons (Fsp3) is 0.353. The topological polar surface area (TPSA) is 82.1 Å². The standard InChI is InChI=1S/C17H19NO6S/c1-3-23-16(20)10-15-18(14(19)11-25-15)8-9-24-17(21)12-6-4-5-7-13(12)22-2/h4-7,10H,3,8-9,11H2,1-2H3/b15-10-. The van der Waals surface area contributed by atoms with Crippen LogP contribution in [-0.2, 0) is 19.1 Å². The Kier molecular flexibility index (Phi) is 6.88. The van der Waals surface area contributed by atoms with Gasteiger partial charge in [-0.15, -0.1) is 0 Å². The lowest BCUT2D eigenvalue weighted by atomic mass is 10.2. The van der Waals surface area contributed by atoms with E-state index in [1.54, 1.807) is 31.2 Å². The Hall–Kier alpha value is -2.48. The second-order valence-corrected chi connectivity index (χ2v) is 5.90. The Labute approximate surface area is 149 Å². The summed E-state index contributed by atoms with van der Waals surface area (Å²) in [5.74, 6) is -0.522. The number of rotatable bonds is 7. The molecule has 0 atom stereocenters. The largest absolute Gasteiger partial charge is 0.496 e. The van der Waals surface area contributed by atoms with Crippen molar-refractivity contribution in [2.45, 2.75) is 6.92 Å². The minimum Gasteiger partial charge on any atom is -0.496 e. The van der Waals surface area contributed by atoms with Gasteiger partial charge in [-0.1, -0.05) is 23.9 Å². The molecule has 1 heterocycles. The zero-order chi connectivity index (χ0) is 18.2. The number of carbonyl (C=O) groups excluding carboxylic acids is 3. The van der Waals surface area contributed by atoms with Gasteiger partial charge in [0.15, 0.2) is 0 Å². The fourth-order valence-corrected chi connectivity index (χ4v) is 3.13. The third-order valence-electron chi connectivity index (χ3n) is 3.31. The zero-order valence-electron chi connectivity index (χ0n) is 14.0. The molecule has 0 radical (unpaired) electrons.